The van der Waals surface area contributed by atoms with Crippen molar-refractivity contribution >= 4 is 27.3 Å². The summed E-state index contributed by atoms with van der Waals surface area (Å²) in [7, 11) is -3.48. The van der Waals surface area contributed by atoms with Crippen LogP contribution in [-0.2, 0) is 14.8 Å². The van der Waals surface area contributed by atoms with E-state index in [4.69, 9.17) is 9.47 Å². The second-order valence-corrected chi connectivity index (χ2v) is 8.79. The highest BCUT2D eigenvalue weighted by atomic mass is 32.2. The highest BCUT2D eigenvalue weighted by Gasteiger charge is 2.31. The van der Waals surface area contributed by atoms with E-state index in [1.165, 1.54) is 4.31 Å². The zero-order chi connectivity index (χ0) is 20.3. The summed E-state index contributed by atoms with van der Waals surface area (Å²) in [6.07, 6.45) is 0.581. The van der Waals surface area contributed by atoms with Crippen molar-refractivity contribution in [3.05, 3.63) is 48.5 Å². The number of rotatable bonds is 5. The monoisotopic (exact) mass is 404 g/mol. The topological polar surface area (TPSA) is 84.9 Å². The van der Waals surface area contributed by atoms with E-state index in [2.05, 4.69) is 5.32 Å². The number of nitrogens with one attached hydrogen (secondary N) is 1. The number of anilines is 2. The highest BCUT2D eigenvalue weighted by molar-refractivity contribution is 7.92. The third kappa shape index (κ3) is 4.75. The molecule has 0 saturated carbocycles. The molecular weight excluding hydrogens is 380 g/mol. The molecule has 0 aliphatic carbocycles. The molecule has 0 radical (unpaired) electrons. The van der Waals surface area contributed by atoms with Gasteiger partial charge in [0.2, 0.25) is 10.0 Å². The van der Waals surface area contributed by atoms with Crippen LogP contribution in [0.2, 0.25) is 0 Å². The number of ether oxygens (including phenoxy) is 2. The van der Waals surface area contributed by atoms with Crippen LogP contribution < -0.4 is 19.1 Å². The molecule has 0 saturated heterocycles. The van der Waals surface area contributed by atoms with Gasteiger partial charge in [-0.15, -0.1) is 0 Å². The summed E-state index contributed by atoms with van der Waals surface area (Å²) in [5, 5.41) is 2.83. The lowest BCUT2D eigenvalue weighted by Gasteiger charge is -2.20. The maximum absolute atomic E-state index is 12.8. The Labute approximate surface area is 165 Å². The molecule has 0 unspecified atom stereocenters. The Balaban J connectivity index is 1.79. The van der Waals surface area contributed by atoms with Gasteiger partial charge in [-0.05, 0) is 38.1 Å². The summed E-state index contributed by atoms with van der Waals surface area (Å²) in [5.41, 5.74) is 1.02. The van der Waals surface area contributed by atoms with E-state index in [0.717, 1.165) is 6.26 Å². The van der Waals surface area contributed by atoms with Crippen molar-refractivity contribution in [2.75, 3.05) is 22.4 Å². The molecule has 0 aromatic heterocycles. The van der Waals surface area contributed by atoms with E-state index in [9.17, 15) is 13.2 Å². The molecule has 28 heavy (non-hydrogen) atoms. The number of amides is 1. The molecule has 1 heterocycles. The standard InChI is InChI=1S/C20H24N2O5S/c1-14(2)26-16-8-6-7-15(13-16)21-20(23)19-11-12-22(28(3,24)25)17-9-4-5-10-18(17)27-19/h4-10,13-14,19H,11-12H2,1-3H3,(H,21,23)/t19-/m1/s1. The summed E-state index contributed by atoms with van der Waals surface area (Å²) in [6.45, 7) is 4.01. The van der Waals surface area contributed by atoms with Crippen LogP contribution in [0.4, 0.5) is 11.4 Å². The summed E-state index contributed by atoms with van der Waals surface area (Å²) >= 11 is 0. The van der Waals surface area contributed by atoms with E-state index < -0.39 is 16.1 Å². The van der Waals surface area contributed by atoms with Gasteiger partial charge in [0.25, 0.3) is 5.91 Å². The van der Waals surface area contributed by atoms with Crippen LogP contribution in [-0.4, -0.2) is 39.3 Å². The van der Waals surface area contributed by atoms with Crippen LogP contribution in [0.5, 0.6) is 11.5 Å². The van der Waals surface area contributed by atoms with Gasteiger partial charge in [-0.2, -0.15) is 0 Å². The smallest absolute Gasteiger partial charge is 0.265 e. The quantitative estimate of drug-likeness (QED) is 0.828. The maximum atomic E-state index is 12.8. The molecule has 1 aliphatic heterocycles. The number of carbonyl (C=O) groups excluding carboxylic acids is 1. The second-order valence-electron chi connectivity index (χ2n) is 6.88. The SMILES string of the molecule is CC(C)Oc1cccc(NC(=O)[C@H]2CCN(S(C)(=O)=O)c3ccccc3O2)c1. The van der Waals surface area contributed by atoms with Crippen molar-refractivity contribution in [3.63, 3.8) is 0 Å². The largest absolute Gasteiger partial charge is 0.491 e. The Morgan fingerprint density at radius 3 is 2.68 bits per heavy atom. The van der Waals surface area contributed by atoms with Crippen molar-refractivity contribution in [2.24, 2.45) is 0 Å². The number of carbonyl (C=O) groups is 1. The van der Waals surface area contributed by atoms with Gasteiger partial charge in [0.15, 0.2) is 6.10 Å². The molecular formula is C20H24N2O5S. The van der Waals surface area contributed by atoms with Gasteiger partial charge in [0, 0.05) is 24.7 Å². The van der Waals surface area contributed by atoms with Crippen LogP contribution in [0.25, 0.3) is 0 Å². The summed E-state index contributed by atoms with van der Waals surface area (Å²) < 4.78 is 37.1. The molecule has 1 N–H and O–H groups in total. The average molecular weight is 404 g/mol. The molecule has 0 spiro atoms. The molecule has 7 nitrogen and oxygen atoms in total. The summed E-state index contributed by atoms with van der Waals surface area (Å²) in [4.78, 5) is 12.8. The fourth-order valence-electron chi connectivity index (χ4n) is 3.00. The summed E-state index contributed by atoms with van der Waals surface area (Å²) in [6, 6.07) is 13.9. The lowest BCUT2D eigenvalue weighted by Crippen LogP contribution is -2.35. The third-order valence-corrected chi connectivity index (χ3v) is 5.34. The first kappa shape index (κ1) is 20.0. The molecule has 150 valence electrons. The van der Waals surface area contributed by atoms with Crippen molar-refractivity contribution < 1.29 is 22.7 Å². The molecule has 2 aromatic carbocycles. The normalized spacial score (nSPS) is 16.7. The van der Waals surface area contributed by atoms with E-state index in [0.29, 0.717) is 22.9 Å². The minimum atomic E-state index is -3.48. The van der Waals surface area contributed by atoms with Crippen molar-refractivity contribution in [1.29, 1.82) is 0 Å². The third-order valence-electron chi connectivity index (χ3n) is 4.16. The maximum Gasteiger partial charge on any atom is 0.265 e. The van der Waals surface area contributed by atoms with Gasteiger partial charge in [-0.3, -0.25) is 9.10 Å². The fourth-order valence-corrected chi connectivity index (χ4v) is 3.95. The Morgan fingerprint density at radius 1 is 1.21 bits per heavy atom. The molecule has 0 fully saturated rings. The zero-order valence-electron chi connectivity index (χ0n) is 16.1. The zero-order valence-corrected chi connectivity index (χ0v) is 16.9. The average Bonchev–Trinajstić information content (AvgIpc) is 2.81. The Bertz CT molecular complexity index is 959. The molecule has 1 atom stereocenters. The predicted octanol–water partition coefficient (Wildman–Crippen LogP) is 3.03. The lowest BCUT2D eigenvalue weighted by molar-refractivity contribution is -0.122. The van der Waals surface area contributed by atoms with Crippen LogP contribution >= 0.6 is 0 Å². The van der Waals surface area contributed by atoms with E-state index in [1.807, 2.05) is 19.9 Å². The molecule has 8 heteroatoms. The highest BCUT2D eigenvalue weighted by Crippen LogP contribution is 2.34. The first-order valence-corrected chi connectivity index (χ1v) is 10.9. The van der Waals surface area contributed by atoms with E-state index in [1.54, 1.807) is 42.5 Å². The van der Waals surface area contributed by atoms with E-state index >= 15 is 0 Å². The van der Waals surface area contributed by atoms with Gasteiger partial charge in [-0.25, -0.2) is 8.42 Å². The fraction of sp³-hybridized carbons (Fsp3) is 0.350. The van der Waals surface area contributed by atoms with Crippen LogP contribution in [0.3, 0.4) is 0 Å². The first-order valence-electron chi connectivity index (χ1n) is 9.05. The van der Waals surface area contributed by atoms with Crippen LogP contribution in [0, 0.1) is 0 Å². The minimum Gasteiger partial charge on any atom is -0.491 e. The van der Waals surface area contributed by atoms with Crippen molar-refractivity contribution in [3.8, 4) is 11.5 Å². The second kappa shape index (κ2) is 8.10. The van der Waals surface area contributed by atoms with Crippen LogP contribution in [0.1, 0.15) is 20.3 Å². The van der Waals surface area contributed by atoms with Crippen molar-refractivity contribution in [2.45, 2.75) is 32.5 Å². The Hall–Kier alpha value is -2.74. The van der Waals surface area contributed by atoms with Crippen molar-refractivity contribution in [1.82, 2.24) is 0 Å². The van der Waals surface area contributed by atoms with Crippen LogP contribution in [0.15, 0.2) is 48.5 Å². The number of nitrogens with zero attached hydrogens (tertiary/aromatic N) is 1. The van der Waals surface area contributed by atoms with E-state index in [-0.39, 0.29) is 25.0 Å². The number of sulfonamides is 1. The number of hydrogen-bond donors (Lipinski definition) is 1. The number of hydrogen-bond acceptors (Lipinski definition) is 5. The number of fused-ring (bicyclic) bond motifs is 1. The first-order chi connectivity index (χ1) is 13.2. The Morgan fingerprint density at radius 2 is 1.96 bits per heavy atom. The molecule has 1 aliphatic rings. The Kier molecular flexibility index (Phi) is 5.79. The molecule has 2 aromatic rings. The summed E-state index contributed by atoms with van der Waals surface area (Å²) in [5.74, 6) is 0.678. The molecule has 1 amide bonds. The molecule has 0 bridgehead atoms. The number of benzene rings is 2. The molecule has 3 rings (SSSR count). The van der Waals surface area contributed by atoms with Gasteiger partial charge in [-0.1, -0.05) is 18.2 Å². The minimum absolute atomic E-state index is 0.0228. The lowest BCUT2D eigenvalue weighted by atomic mass is 10.2. The predicted molar refractivity (Wildman–Crippen MR) is 109 cm³/mol. The van der Waals surface area contributed by atoms with Gasteiger partial charge in [0.1, 0.15) is 11.5 Å². The number of para-hydroxylation sites is 2. The van der Waals surface area contributed by atoms with Gasteiger partial charge < -0.3 is 14.8 Å². The van der Waals surface area contributed by atoms with Gasteiger partial charge in [0.05, 0.1) is 18.0 Å². The van der Waals surface area contributed by atoms with Gasteiger partial charge >= 0.3 is 0 Å².